The zero-order valence-electron chi connectivity index (χ0n) is 10.4. The molecule has 0 spiro atoms. The average Bonchev–Trinajstić information content (AvgIpc) is 2.28. The van der Waals surface area contributed by atoms with Crippen LogP contribution < -0.4 is 5.32 Å². The number of halogens is 2. The Bertz CT molecular complexity index is 436. The number of anilines is 1. The number of nitro groups is 1. The van der Waals surface area contributed by atoms with Gasteiger partial charge in [-0.1, -0.05) is 37.0 Å². The zero-order chi connectivity index (χ0) is 13.7. The average molecular weight is 291 g/mol. The van der Waals surface area contributed by atoms with Gasteiger partial charge in [0.15, 0.2) is 0 Å². The van der Waals surface area contributed by atoms with Crippen LogP contribution in [0.25, 0.3) is 0 Å². The quantitative estimate of drug-likeness (QED) is 0.467. The minimum absolute atomic E-state index is 0.0473. The third kappa shape index (κ3) is 4.35. The standard InChI is InChI=1S/C12H16Cl2N2O2/c1-8(2)4-3-5-15-11-6-9(13)10(14)7-12(11)16(17)18/h6-8,15H,3-5H2,1-2H3. The first-order valence-electron chi connectivity index (χ1n) is 5.79. The number of nitrogens with one attached hydrogen (secondary N) is 1. The first-order chi connectivity index (χ1) is 8.41. The van der Waals surface area contributed by atoms with E-state index in [-0.39, 0.29) is 10.7 Å². The summed E-state index contributed by atoms with van der Waals surface area (Å²) in [5.74, 6) is 0.621. The van der Waals surface area contributed by atoms with E-state index in [1.165, 1.54) is 12.1 Å². The van der Waals surface area contributed by atoms with Gasteiger partial charge in [-0.05, 0) is 24.8 Å². The Morgan fingerprint density at radius 3 is 2.50 bits per heavy atom. The molecular weight excluding hydrogens is 275 g/mol. The summed E-state index contributed by atoms with van der Waals surface area (Å²) in [7, 11) is 0. The lowest BCUT2D eigenvalue weighted by Crippen LogP contribution is -2.05. The van der Waals surface area contributed by atoms with Gasteiger partial charge >= 0.3 is 0 Å². The maximum atomic E-state index is 10.9. The molecule has 1 N–H and O–H groups in total. The van der Waals surface area contributed by atoms with E-state index in [1.807, 2.05) is 0 Å². The summed E-state index contributed by atoms with van der Waals surface area (Å²) in [4.78, 5) is 10.4. The fraction of sp³-hybridized carbons (Fsp3) is 0.500. The normalized spacial score (nSPS) is 10.7. The van der Waals surface area contributed by atoms with Crippen molar-refractivity contribution in [3.8, 4) is 0 Å². The molecule has 0 heterocycles. The summed E-state index contributed by atoms with van der Waals surface area (Å²) in [6.45, 7) is 4.96. The van der Waals surface area contributed by atoms with Crippen LogP contribution in [0.3, 0.4) is 0 Å². The maximum absolute atomic E-state index is 10.9. The van der Waals surface area contributed by atoms with Crippen LogP contribution in [-0.2, 0) is 0 Å². The summed E-state index contributed by atoms with van der Waals surface area (Å²) in [6, 6.07) is 2.77. The van der Waals surface area contributed by atoms with Crippen molar-refractivity contribution in [3.63, 3.8) is 0 Å². The predicted molar refractivity (Wildman–Crippen MR) is 75.7 cm³/mol. The molecule has 0 aromatic heterocycles. The molecule has 4 nitrogen and oxygen atoms in total. The van der Waals surface area contributed by atoms with Crippen LogP contribution in [0.15, 0.2) is 12.1 Å². The lowest BCUT2D eigenvalue weighted by Gasteiger charge is -2.09. The molecule has 1 aromatic rings. The molecule has 6 heteroatoms. The summed E-state index contributed by atoms with van der Waals surface area (Å²) < 4.78 is 0. The van der Waals surface area contributed by atoms with E-state index in [0.29, 0.717) is 23.2 Å². The molecule has 0 aliphatic heterocycles. The SMILES string of the molecule is CC(C)CCCNc1cc(Cl)c(Cl)cc1[N+](=O)[O-]. The minimum Gasteiger partial charge on any atom is -0.379 e. The highest BCUT2D eigenvalue weighted by Crippen LogP contribution is 2.33. The van der Waals surface area contributed by atoms with E-state index >= 15 is 0 Å². The largest absolute Gasteiger partial charge is 0.379 e. The number of rotatable bonds is 6. The second kappa shape index (κ2) is 6.81. The molecule has 0 saturated carbocycles. The van der Waals surface area contributed by atoms with Crippen LogP contribution in [0.1, 0.15) is 26.7 Å². The molecule has 0 fully saturated rings. The topological polar surface area (TPSA) is 55.2 Å². The highest BCUT2D eigenvalue weighted by molar-refractivity contribution is 6.42. The van der Waals surface area contributed by atoms with Crippen molar-refractivity contribution in [1.82, 2.24) is 0 Å². The molecule has 0 radical (unpaired) electrons. The van der Waals surface area contributed by atoms with Crippen molar-refractivity contribution in [2.24, 2.45) is 5.92 Å². The van der Waals surface area contributed by atoms with Gasteiger partial charge < -0.3 is 5.32 Å². The second-order valence-electron chi connectivity index (χ2n) is 4.50. The van der Waals surface area contributed by atoms with Crippen molar-refractivity contribution in [2.45, 2.75) is 26.7 Å². The van der Waals surface area contributed by atoms with Crippen molar-refractivity contribution < 1.29 is 4.92 Å². The first-order valence-corrected chi connectivity index (χ1v) is 6.54. The molecule has 1 aromatic carbocycles. The van der Waals surface area contributed by atoms with E-state index < -0.39 is 4.92 Å². The van der Waals surface area contributed by atoms with Gasteiger partial charge in [-0.2, -0.15) is 0 Å². The Kier molecular flexibility index (Phi) is 5.69. The van der Waals surface area contributed by atoms with Crippen LogP contribution in [0.2, 0.25) is 10.0 Å². The third-order valence-corrected chi connectivity index (χ3v) is 3.23. The number of hydrogen-bond acceptors (Lipinski definition) is 3. The monoisotopic (exact) mass is 290 g/mol. The van der Waals surface area contributed by atoms with E-state index in [4.69, 9.17) is 23.2 Å². The molecule has 0 aliphatic rings. The molecular formula is C12H16Cl2N2O2. The van der Waals surface area contributed by atoms with E-state index in [9.17, 15) is 10.1 Å². The van der Waals surface area contributed by atoms with Gasteiger partial charge in [-0.25, -0.2) is 0 Å². The Hall–Kier alpha value is -1.00. The lowest BCUT2D eigenvalue weighted by atomic mass is 10.1. The Labute approximate surface area is 116 Å². The Morgan fingerprint density at radius 2 is 1.94 bits per heavy atom. The fourth-order valence-electron chi connectivity index (χ4n) is 1.56. The van der Waals surface area contributed by atoms with Crippen molar-refractivity contribution in [1.29, 1.82) is 0 Å². The van der Waals surface area contributed by atoms with Gasteiger partial charge in [0.05, 0.1) is 15.0 Å². The van der Waals surface area contributed by atoms with E-state index in [0.717, 1.165) is 12.8 Å². The van der Waals surface area contributed by atoms with Gasteiger partial charge in [-0.15, -0.1) is 0 Å². The van der Waals surface area contributed by atoms with Gasteiger partial charge in [0.1, 0.15) is 5.69 Å². The number of hydrogen-bond donors (Lipinski definition) is 1. The van der Waals surface area contributed by atoms with Crippen LogP contribution >= 0.6 is 23.2 Å². The van der Waals surface area contributed by atoms with Crippen LogP contribution in [0.4, 0.5) is 11.4 Å². The van der Waals surface area contributed by atoms with Crippen molar-refractivity contribution in [3.05, 3.63) is 32.3 Å². The molecule has 100 valence electrons. The third-order valence-electron chi connectivity index (χ3n) is 2.51. The van der Waals surface area contributed by atoms with Crippen LogP contribution in [0.5, 0.6) is 0 Å². The molecule has 1 rings (SSSR count). The molecule has 0 saturated heterocycles. The highest BCUT2D eigenvalue weighted by atomic mass is 35.5. The Morgan fingerprint density at radius 1 is 1.33 bits per heavy atom. The van der Waals surface area contributed by atoms with E-state index in [2.05, 4.69) is 19.2 Å². The maximum Gasteiger partial charge on any atom is 0.293 e. The van der Waals surface area contributed by atoms with Crippen LogP contribution in [0, 0.1) is 16.0 Å². The van der Waals surface area contributed by atoms with Gasteiger partial charge in [0, 0.05) is 12.6 Å². The minimum atomic E-state index is -0.465. The highest BCUT2D eigenvalue weighted by Gasteiger charge is 2.16. The molecule has 0 amide bonds. The molecule has 18 heavy (non-hydrogen) atoms. The smallest absolute Gasteiger partial charge is 0.293 e. The predicted octanol–water partition coefficient (Wildman–Crippen LogP) is 4.75. The fourth-order valence-corrected chi connectivity index (χ4v) is 1.88. The Balaban J connectivity index is 2.74. The second-order valence-corrected chi connectivity index (χ2v) is 5.32. The molecule has 0 unspecified atom stereocenters. The first kappa shape index (κ1) is 15.1. The van der Waals surface area contributed by atoms with Crippen molar-refractivity contribution in [2.75, 3.05) is 11.9 Å². The summed E-state index contributed by atoms with van der Waals surface area (Å²) in [5.41, 5.74) is 0.368. The van der Waals surface area contributed by atoms with Gasteiger partial charge in [-0.3, -0.25) is 10.1 Å². The van der Waals surface area contributed by atoms with Crippen LogP contribution in [-0.4, -0.2) is 11.5 Å². The summed E-state index contributed by atoms with van der Waals surface area (Å²) >= 11 is 11.6. The van der Waals surface area contributed by atoms with E-state index in [1.54, 1.807) is 0 Å². The number of nitro benzene ring substituents is 1. The number of benzene rings is 1. The molecule has 0 bridgehead atoms. The lowest BCUT2D eigenvalue weighted by molar-refractivity contribution is -0.383. The summed E-state index contributed by atoms with van der Waals surface area (Å²) in [6.07, 6.45) is 2.02. The number of nitrogens with zero attached hydrogens (tertiary/aromatic N) is 1. The van der Waals surface area contributed by atoms with Gasteiger partial charge in [0.2, 0.25) is 0 Å². The molecule has 0 atom stereocenters. The van der Waals surface area contributed by atoms with Gasteiger partial charge in [0.25, 0.3) is 5.69 Å². The van der Waals surface area contributed by atoms with Crippen molar-refractivity contribution >= 4 is 34.6 Å². The zero-order valence-corrected chi connectivity index (χ0v) is 11.9. The molecule has 0 aliphatic carbocycles. The summed E-state index contributed by atoms with van der Waals surface area (Å²) in [5, 5.41) is 14.4.